The van der Waals surface area contributed by atoms with Gasteiger partial charge >= 0.3 is 0 Å². The maximum Gasteiger partial charge on any atom is 0.248 e. The molecular weight excluding hydrogens is 388 g/mol. The molecule has 0 unspecified atom stereocenters. The number of hydrogen-bond acceptors (Lipinski definition) is 9. The van der Waals surface area contributed by atoms with Crippen LogP contribution in [0, 0.1) is 0 Å². The Balaban J connectivity index is 1.52. The molecule has 0 aromatic carbocycles. The second kappa shape index (κ2) is 8.80. The third-order valence-corrected chi connectivity index (χ3v) is 5.50. The van der Waals surface area contributed by atoms with Crippen molar-refractivity contribution in [2.75, 3.05) is 50.6 Å². The summed E-state index contributed by atoms with van der Waals surface area (Å²) in [4.78, 5) is 28.8. The summed E-state index contributed by atoms with van der Waals surface area (Å²) in [6.45, 7) is 2.20. The van der Waals surface area contributed by atoms with Crippen molar-refractivity contribution >= 4 is 17.7 Å². The van der Waals surface area contributed by atoms with Crippen LogP contribution in [0.1, 0.15) is 12.8 Å². The highest BCUT2D eigenvalue weighted by molar-refractivity contribution is 5.77. The first kappa shape index (κ1) is 20.3. The number of hydrogen-bond donors (Lipinski definition) is 2. The van der Waals surface area contributed by atoms with E-state index in [1.165, 1.54) is 0 Å². The number of aliphatic hydroxyl groups is 1. The Labute approximate surface area is 174 Å². The van der Waals surface area contributed by atoms with Gasteiger partial charge in [0.15, 0.2) is 0 Å². The predicted molar refractivity (Wildman–Crippen MR) is 110 cm³/mol. The molecule has 1 saturated carbocycles. The molecular formula is C20H26N6O4. The molecule has 4 rings (SSSR count). The van der Waals surface area contributed by atoms with Crippen LogP contribution in [0.25, 0.3) is 11.3 Å². The maximum absolute atomic E-state index is 11.6. The fourth-order valence-corrected chi connectivity index (χ4v) is 3.52. The van der Waals surface area contributed by atoms with E-state index in [1.807, 2.05) is 6.07 Å². The van der Waals surface area contributed by atoms with Crippen molar-refractivity contribution in [1.82, 2.24) is 19.9 Å². The summed E-state index contributed by atoms with van der Waals surface area (Å²) in [7, 11) is 1.70. The van der Waals surface area contributed by atoms with Crippen molar-refractivity contribution in [3.05, 3.63) is 24.4 Å². The van der Waals surface area contributed by atoms with Gasteiger partial charge in [0.2, 0.25) is 17.7 Å². The highest BCUT2D eigenvalue weighted by Crippen LogP contribution is 2.31. The second-order valence-electron chi connectivity index (χ2n) is 7.49. The lowest BCUT2D eigenvalue weighted by Gasteiger charge is -2.40. The number of pyridine rings is 1. The normalized spacial score (nSPS) is 21.1. The van der Waals surface area contributed by atoms with Gasteiger partial charge in [0.25, 0.3) is 0 Å². The molecule has 1 amide bonds. The topological polar surface area (TPSA) is 127 Å². The van der Waals surface area contributed by atoms with Gasteiger partial charge in [-0.3, -0.25) is 4.79 Å². The van der Waals surface area contributed by atoms with E-state index in [1.54, 1.807) is 30.3 Å². The van der Waals surface area contributed by atoms with E-state index in [9.17, 15) is 4.79 Å². The van der Waals surface area contributed by atoms with E-state index in [0.29, 0.717) is 62.5 Å². The van der Waals surface area contributed by atoms with E-state index in [2.05, 4.69) is 14.9 Å². The van der Waals surface area contributed by atoms with Crippen molar-refractivity contribution in [3.8, 4) is 17.1 Å². The quantitative estimate of drug-likeness (QED) is 0.687. The van der Waals surface area contributed by atoms with Crippen molar-refractivity contribution in [2.45, 2.75) is 25.0 Å². The molecule has 2 aliphatic rings. The Morgan fingerprint density at radius 1 is 1.33 bits per heavy atom. The summed E-state index contributed by atoms with van der Waals surface area (Å²) < 4.78 is 11.5. The SMILES string of the molecule is CN(C(=O)CO)[C@H]1C[C@H](Oc2cc(-c3ccc(N)nc3)nc(N3CCOCC3)n2)C1. The van der Waals surface area contributed by atoms with Crippen molar-refractivity contribution in [3.63, 3.8) is 0 Å². The van der Waals surface area contributed by atoms with E-state index >= 15 is 0 Å². The molecule has 1 aliphatic carbocycles. The molecule has 0 bridgehead atoms. The number of nitrogens with two attached hydrogens (primary N) is 1. The molecule has 0 radical (unpaired) electrons. The lowest BCUT2D eigenvalue weighted by Crippen LogP contribution is -2.50. The van der Waals surface area contributed by atoms with Gasteiger partial charge in [-0.25, -0.2) is 9.97 Å². The van der Waals surface area contributed by atoms with E-state index < -0.39 is 6.61 Å². The molecule has 160 valence electrons. The van der Waals surface area contributed by atoms with Gasteiger partial charge in [0.05, 0.1) is 18.9 Å². The van der Waals surface area contributed by atoms with Gasteiger partial charge in [-0.1, -0.05) is 0 Å². The molecule has 10 heteroatoms. The molecule has 0 spiro atoms. The first-order valence-corrected chi connectivity index (χ1v) is 10.0. The molecule has 3 N–H and O–H groups in total. The summed E-state index contributed by atoms with van der Waals surface area (Å²) in [5.41, 5.74) is 7.24. The number of aliphatic hydroxyl groups excluding tert-OH is 1. The van der Waals surface area contributed by atoms with E-state index in [-0.39, 0.29) is 18.1 Å². The summed E-state index contributed by atoms with van der Waals surface area (Å²) in [5, 5.41) is 9.02. The number of nitrogen functional groups attached to an aromatic ring is 1. The number of ether oxygens (including phenoxy) is 2. The third-order valence-electron chi connectivity index (χ3n) is 5.50. The summed E-state index contributed by atoms with van der Waals surface area (Å²) >= 11 is 0. The van der Waals surface area contributed by atoms with Crippen LogP contribution >= 0.6 is 0 Å². The van der Waals surface area contributed by atoms with Crippen molar-refractivity contribution in [2.24, 2.45) is 0 Å². The molecule has 10 nitrogen and oxygen atoms in total. The number of aromatic nitrogens is 3. The molecule has 1 aliphatic heterocycles. The molecule has 1 saturated heterocycles. The second-order valence-corrected chi connectivity index (χ2v) is 7.49. The largest absolute Gasteiger partial charge is 0.474 e. The summed E-state index contributed by atoms with van der Waals surface area (Å²) in [6, 6.07) is 5.46. The smallest absolute Gasteiger partial charge is 0.248 e. The highest BCUT2D eigenvalue weighted by Gasteiger charge is 2.36. The van der Waals surface area contributed by atoms with Crippen LogP contribution in [0.2, 0.25) is 0 Å². The zero-order valence-corrected chi connectivity index (χ0v) is 16.9. The lowest BCUT2D eigenvalue weighted by molar-refractivity contribution is -0.138. The van der Waals surface area contributed by atoms with E-state index in [0.717, 1.165) is 5.56 Å². The van der Waals surface area contributed by atoms with Gasteiger partial charge in [-0.15, -0.1) is 0 Å². The number of anilines is 2. The van der Waals surface area contributed by atoms with Crippen LogP contribution in [-0.2, 0) is 9.53 Å². The first-order valence-electron chi connectivity index (χ1n) is 10.0. The maximum atomic E-state index is 11.6. The van der Waals surface area contributed by atoms with Crippen LogP contribution in [-0.4, -0.2) is 83.0 Å². The number of nitrogens with zero attached hydrogens (tertiary/aromatic N) is 5. The zero-order valence-electron chi connectivity index (χ0n) is 16.9. The van der Waals surface area contributed by atoms with Gasteiger partial charge in [0, 0.05) is 56.8 Å². The minimum absolute atomic E-state index is 0.0474. The molecule has 2 aromatic heterocycles. The monoisotopic (exact) mass is 414 g/mol. The Kier molecular flexibility index (Phi) is 5.96. The predicted octanol–water partition coefficient (Wildman–Crippen LogP) is 0.318. The van der Waals surface area contributed by atoms with Gasteiger partial charge in [-0.05, 0) is 12.1 Å². The zero-order chi connectivity index (χ0) is 21.1. The summed E-state index contributed by atoms with van der Waals surface area (Å²) in [5.74, 6) is 1.23. The van der Waals surface area contributed by atoms with Crippen LogP contribution < -0.4 is 15.4 Å². The Bertz CT molecular complexity index is 881. The average molecular weight is 414 g/mol. The number of morpholine rings is 1. The minimum Gasteiger partial charge on any atom is -0.474 e. The highest BCUT2D eigenvalue weighted by atomic mass is 16.5. The fourth-order valence-electron chi connectivity index (χ4n) is 3.52. The minimum atomic E-state index is -0.480. The van der Waals surface area contributed by atoms with Crippen LogP contribution in [0.5, 0.6) is 5.88 Å². The average Bonchev–Trinajstić information content (AvgIpc) is 2.76. The fraction of sp³-hybridized carbons (Fsp3) is 0.500. The molecule has 2 fully saturated rings. The summed E-state index contributed by atoms with van der Waals surface area (Å²) in [6.07, 6.45) is 3.02. The molecule has 3 heterocycles. The van der Waals surface area contributed by atoms with Crippen LogP contribution in [0.4, 0.5) is 11.8 Å². The number of amides is 1. The number of likely N-dealkylation sites (N-methyl/N-ethyl adjacent to an activating group) is 1. The van der Waals surface area contributed by atoms with Gasteiger partial charge in [0.1, 0.15) is 18.5 Å². The Morgan fingerprint density at radius 2 is 2.10 bits per heavy atom. The number of carbonyl (C=O) groups is 1. The lowest BCUT2D eigenvalue weighted by atomic mass is 9.88. The van der Waals surface area contributed by atoms with Gasteiger partial charge in [-0.2, -0.15) is 4.98 Å². The first-order chi connectivity index (χ1) is 14.5. The van der Waals surface area contributed by atoms with Crippen molar-refractivity contribution in [1.29, 1.82) is 0 Å². The Morgan fingerprint density at radius 3 is 2.77 bits per heavy atom. The Hall–Kier alpha value is -2.98. The third kappa shape index (κ3) is 4.44. The molecule has 30 heavy (non-hydrogen) atoms. The van der Waals surface area contributed by atoms with Crippen molar-refractivity contribution < 1.29 is 19.4 Å². The number of carbonyl (C=O) groups excluding carboxylic acids is 1. The standard InChI is InChI=1S/C20H26N6O4/c1-25(19(28)12-27)14-8-15(9-14)30-18-10-16(13-2-3-17(21)22-11-13)23-20(24-18)26-4-6-29-7-5-26/h2-3,10-11,14-15,27H,4-9,12H2,1H3,(H2,21,22)/t14-,15-. The van der Waals surface area contributed by atoms with E-state index in [4.69, 9.17) is 25.3 Å². The molecule has 2 aromatic rings. The van der Waals surface area contributed by atoms with Crippen LogP contribution in [0.3, 0.4) is 0 Å². The molecule has 0 atom stereocenters. The van der Waals surface area contributed by atoms with Gasteiger partial charge < -0.3 is 30.1 Å². The number of rotatable bonds is 6. The van der Waals surface area contributed by atoms with Crippen LogP contribution in [0.15, 0.2) is 24.4 Å².